The lowest BCUT2D eigenvalue weighted by molar-refractivity contribution is -0.116. The van der Waals surface area contributed by atoms with E-state index >= 15 is 0 Å². The molecule has 2 aromatic rings. The van der Waals surface area contributed by atoms with Crippen molar-refractivity contribution in [2.45, 2.75) is 4.90 Å². The van der Waals surface area contributed by atoms with Gasteiger partial charge in [-0.1, -0.05) is 0 Å². The highest BCUT2D eigenvalue weighted by Gasteiger charge is 2.22. The Kier molecular flexibility index (Phi) is 3.16. The fraction of sp³-hybridized carbons (Fsp3) is 0.143. The van der Waals surface area contributed by atoms with E-state index in [1.807, 2.05) is 35.0 Å². The number of fused-ring (bicyclic) bond motifs is 1. The Labute approximate surface area is 121 Å². The fourth-order valence-corrected chi connectivity index (χ4v) is 2.97. The van der Waals surface area contributed by atoms with Crippen LogP contribution in [-0.4, -0.2) is 25.2 Å². The molecule has 3 nitrogen and oxygen atoms in total. The van der Waals surface area contributed by atoms with E-state index in [-0.39, 0.29) is 12.5 Å². The molecule has 1 amide bonds. The normalized spacial score (nSPS) is 14.9. The summed E-state index contributed by atoms with van der Waals surface area (Å²) in [6.45, 7) is 0.179. The standard InChI is InChI=1S/C14H12N2OS2/c1-16-12-3-2-10(18)6-11(12)14(15-7-13(16)17)9-4-5-19-8-9/h2-6,8,18H,7H2,1H3. The number of benzodiazepines with no additional fused rings is 1. The predicted octanol–water partition coefficient (Wildman–Crippen LogP) is 2.85. The second-order valence-electron chi connectivity index (χ2n) is 4.33. The number of thiol groups is 1. The average Bonchev–Trinajstić information content (AvgIpc) is 2.88. The van der Waals surface area contributed by atoms with Crippen LogP contribution in [-0.2, 0) is 4.79 Å². The number of benzene rings is 1. The zero-order chi connectivity index (χ0) is 13.4. The first-order chi connectivity index (χ1) is 9.16. The van der Waals surface area contributed by atoms with Crippen molar-refractivity contribution >= 4 is 41.3 Å². The first-order valence-electron chi connectivity index (χ1n) is 5.84. The van der Waals surface area contributed by atoms with Crippen molar-refractivity contribution in [1.82, 2.24) is 0 Å². The number of hydrogen-bond donors (Lipinski definition) is 1. The lowest BCUT2D eigenvalue weighted by atomic mass is 10.0. The van der Waals surface area contributed by atoms with Crippen LogP contribution in [0, 0.1) is 0 Å². The number of anilines is 1. The van der Waals surface area contributed by atoms with Gasteiger partial charge in [0.15, 0.2) is 0 Å². The predicted molar refractivity (Wildman–Crippen MR) is 81.9 cm³/mol. The van der Waals surface area contributed by atoms with Crippen LogP contribution in [0.1, 0.15) is 11.1 Å². The lowest BCUT2D eigenvalue weighted by Crippen LogP contribution is -2.27. The van der Waals surface area contributed by atoms with Crippen molar-refractivity contribution in [1.29, 1.82) is 0 Å². The molecular formula is C14H12N2OS2. The summed E-state index contributed by atoms with van der Waals surface area (Å²) < 4.78 is 0. The summed E-state index contributed by atoms with van der Waals surface area (Å²) in [6, 6.07) is 7.80. The molecule has 1 aliphatic heterocycles. The quantitative estimate of drug-likeness (QED) is 0.804. The monoisotopic (exact) mass is 288 g/mol. The molecule has 3 rings (SSSR count). The molecule has 0 N–H and O–H groups in total. The molecule has 0 fully saturated rings. The molecule has 0 aliphatic carbocycles. The highest BCUT2D eigenvalue weighted by molar-refractivity contribution is 7.80. The number of hydrogen-bond acceptors (Lipinski definition) is 4. The summed E-state index contributed by atoms with van der Waals surface area (Å²) in [5.74, 6) is -0.00149. The summed E-state index contributed by atoms with van der Waals surface area (Å²) in [6.07, 6.45) is 0. The van der Waals surface area contributed by atoms with E-state index in [2.05, 4.69) is 17.6 Å². The van der Waals surface area contributed by atoms with E-state index in [1.165, 1.54) is 0 Å². The molecule has 5 heteroatoms. The number of amides is 1. The molecule has 1 aromatic heterocycles. The SMILES string of the molecule is CN1C(=O)CN=C(c2ccsc2)c2cc(S)ccc21. The van der Waals surface area contributed by atoms with Gasteiger partial charge < -0.3 is 4.90 Å². The largest absolute Gasteiger partial charge is 0.313 e. The van der Waals surface area contributed by atoms with E-state index in [0.29, 0.717) is 0 Å². The number of carbonyl (C=O) groups is 1. The van der Waals surface area contributed by atoms with Gasteiger partial charge in [-0.3, -0.25) is 9.79 Å². The summed E-state index contributed by atoms with van der Waals surface area (Å²) in [4.78, 5) is 19.0. The van der Waals surface area contributed by atoms with Gasteiger partial charge in [0.25, 0.3) is 0 Å². The van der Waals surface area contributed by atoms with Gasteiger partial charge >= 0.3 is 0 Å². The molecule has 1 aromatic carbocycles. The Morgan fingerprint density at radius 3 is 2.95 bits per heavy atom. The molecule has 0 saturated heterocycles. The first-order valence-corrected chi connectivity index (χ1v) is 7.23. The molecule has 96 valence electrons. The topological polar surface area (TPSA) is 32.7 Å². The molecule has 0 saturated carbocycles. The summed E-state index contributed by atoms with van der Waals surface area (Å²) in [7, 11) is 1.78. The van der Waals surface area contributed by atoms with Gasteiger partial charge in [0.05, 0.1) is 11.4 Å². The third-order valence-corrected chi connectivity index (χ3v) is 4.10. The van der Waals surface area contributed by atoms with Crippen molar-refractivity contribution in [3.05, 3.63) is 46.2 Å². The van der Waals surface area contributed by atoms with Gasteiger partial charge in [-0.05, 0) is 29.6 Å². The first kappa shape index (κ1) is 12.4. The van der Waals surface area contributed by atoms with Gasteiger partial charge in [-0.25, -0.2) is 0 Å². The van der Waals surface area contributed by atoms with Gasteiger partial charge in [-0.15, -0.1) is 12.6 Å². The van der Waals surface area contributed by atoms with Crippen molar-refractivity contribution in [2.75, 3.05) is 18.5 Å². The molecule has 0 radical (unpaired) electrons. The van der Waals surface area contributed by atoms with Crippen LogP contribution < -0.4 is 4.90 Å². The highest BCUT2D eigenvalue weighted by atomic mass is 32.1. The van der Waals surface area contributed by atoms with Crippen LogP contribution in [0.4, 0.5) is 5.69 Å². The smallest absolute Gasteiger partial charge is 0.248 e. The molecule has 1 aliphatic rings. The summed E-state index contributed by atoms with van der Waals surface area (Å²) in [5, 5.41) is 4.06. The maximum Gasteiger partial charge on any atom is 0.248 e. The molecular weight excluding hydrogens is 276 g/mol. The number of nitrogens with zero attached hydrogens (tertiary/aromatic N) is 2. The van der Waals surface area contributed by atoms with E-state index < -0.39 is 0 Å². The maximum absolute atomic E-state index is 12.0. The summed E-state index contributed by atoms with van der Waals surface area (Å²) in [5.41, 5.74) is 3.75. The molecule has 0 unspecified atom stereocenters. The highest BCUT2D eigenvalue weighted by Crippen LogP contribution is 2.28. The van der Waals surface area contributed by atoms with Gasteiger partial charge in [0, 0.05) is 28.5 Å². The maximum atomic E-state index is 12.0. The molecule has 19 heavy (non-hydrogen) atoms. The minimum Gasteiger partial charge on any atom is -0.313 e. The van der Waals surface area contributed by atoms with Crippen LogP contribution in [0.15, 0.2) is 44.9 Å². The van der Waals surface area contributed by atoms with Crippen molar-refractivity contribution in [3.8, 4) is 0 Å². The number of rotatable bonds is 1. The molecule has 0 atom stereocenters. The zero-order valence-corrected chi connectivity index (χ0v) is 12.0. The fourth-order valence-electron chi connectivity index (χ4n) is 2.12. The Bertz CT molecular complexity index is 662. The van der Waals surface area contributed by atoms with Gasteiger partial charge in [0.2, 0.25) is 5.91 Å². The van der Waals surface area contributed by atoms with E-state index in [1.54, 1.807) is 23.3 Å². The van der Waals surface area contributed by atoms with Crippen LogP contribution in [0.3, 0.4) is 0 Å². The van der Waals surface area contributed by atoms with E-state index in [4.69, 9.17) is 0 Å². The van der Waals surface area contributed by atoms with Crippen molar-refractivity contribution in [2.24, 2.45) is 4.99 Å². The average molecular weight is 288 g/mol. The van der Waals surface area contributed by atoms with Crippen LogP contribution in [0.5, 0.6) is 0 Å². The molecule has 2 heterocycles. The van der Waals surface area contributed by atoms with Crippen LogP contribution in [0.25, 0.3) is 0 Å². The second kappa shape index (κ2) is 4.83. The zero-order valence-electron chi connectivity index (χ0n) is 10.3. The number of carbonyl (C=O) groups excluding carboxylic acids is 1. The van der Waals surface area contributed by atoms with Crippen molar-refractivity contribution < 1.29 is 4.79 Å². The second-order valence-corrected chi connectivity index (χ2v) is 5.63. The van der Waals surface area contributed by atoms with Gasteiger partial charge in [-0.2, -0.15) is 11.3 Å². The number of likely N-dealkylation sites (N-methyl/N-ethyl adjacent to an activating group) is 1. The minimum absolute atomic E-state index is 0.00149. The van der Waals surface area contributed by atoms with Crippen molar-refractivity contribution in [3.63, 3.8) is 0 Å². The molecule has 0 spiro atoms. The minimum atomic E-state index is -0.00149. The number of thiophene rings is 1. The number of aliphatic imine (C=N–C) groups is 1. The third-order valence-electron chi connectivity index (χ3n) is 3.14. The Morgan fingerprint density at radius 1 is 1.37 bits per heavy atom. The third kappa shape index (κ3) is 2.19. The van der Waals surface area contributed by atoms with Crippen LogP contribution in [0.2, 0.25) is 0 Å². The Balaban J connectivity index is 2.24. The van der Waals surface area contributed by atoms with E-state index in [0.717, 1.165) is 27.4 Å². The molecule has 0 bridgehead atoms. The Morgan fingerprint density at radius 2 is 2.21 bits per heavy atom. The Hall–Kier alpha value is -1.59. The van der Waals surface area contributed by atoms with Crippen LogP contribution >= 0.6 is 24.0 Å². The van der Waals surface area contributed by atoms with E-state index in [9.17, 15) is 4.79 Å². The summed E-state index contributed by atoms with van der Waals surface area (Å²) >= 11 is 6.01. The van der Waals surface area contributed by atoms with Gasteiger partial charge in [0.1, 0.15) is 6.54 Å². The lowest BCUT2D eigenvalue weighted by Gasteiger charge is -2.18.